The molecule has 0 amide bonds. The fraction of sp³-hybridized carbons (Fsp3) is 0.250. The van der Waals surface area contributed by atoms with Crippen LogP contribution in [0.3, 0.4) is 0 Å². The molecule has 3 heterocycles. The molecule has 1 N–H and O–H groups in total. The first-order valence-corrected chi connectivity index (χ1v) is 6.87. The van der Waals surface area contributed by atoms with Gasteiger partial charge in [-0.1, -0.05) is 0 Å². The molecule has 0 atom stereocenters. The van der Waals surface area contributed by atoms with E-state index in [0.29, 0.717) is 12.0 Å². The number of fused-ring (bicyclic) bond motifs is 1. The van der Waals surface area contributed by atoms with Crippen molar-refractivity contribution in [1.82, 2.24) is 15.0 Å². The number of hydrogen-bond acceptors (Lipinski definition) is 3. The van der Waals surface area contributed by atoms with Crippen LogP contribution in [0.5, 0.6) is 5.88 Å². The number of ether oxygens (including phenoxy) is 1. The Kier molecular flexibility index (Phi) is 2.49. The third-order valence-corrected chi connectivity index (χ3v) is 3.63. The van der Waals surface area contributed by atoms with Crippen LogP contribution in [0.2, 0.25) is 0 Å². The lowest BCUT2D eigenvalue weighted by Gasteiger charge is -2.06. The summed E-state index contributed by atoms with van der Waals surface area (Å²) in [4.78, 5) is 11.9. The summed E-state index contributed by atoms with van der Waals surface area (Å²) in [5.74, 6) is 0.715. The first-order chi connectivity index (χ1) is 9.81. The van der Waals surface area contributed by atoms with Crippen LogP contribution in [0.25, 0.3) is 22.2 Å². The molecule has 0 saturated heterocycles. The Morgan fingerprint density at radius 3 is 2.85 bits per heavy atom. The number of rotatable bonds is 3. The van der Waals surface area contributed by atoms with E-state index in [4.69, 9.17) is 4.74 Å². The number of aromatic nitrogens is 3. The molecule has 4 heteroatoms. The molecule has 1 saturated carbocycles. The maximum atomic E-state index is 5.68. The molecule has 0 aliphatic heterocycles. The molecule has 0 bridgehead atoms. The van der Waals surface area contributed by atoms with Crippen molar-refractivity contribution >= 4 is 11.0 Å². The number of aromatic amines is 1. The SMILES string of the molecule is Cc1c[nH]c2nccc(-c3ccc(OC4CC4)nc3)c12. The monoisotopic (exact) mass is 265 g/mol. The summed E-state index contributed by atoms with van der Waals surface area (Å²) < 4.78 is 5.68. The summed E-state index contributed by atoms with van der Waals surface area (Å²) >= 11 is 0. The van der Waals surface area contributed by atoms with E-state index in [0.717, 1.165) is 35.0 Å². The van der Waals surface area contributed by atoms with Gasteiger partial charge in [-0.3, -0.25) is 0 Å². The average Bonchev–Trinajstić information content (AvgIpc) is 3.21. The van der Waals surface area contributed by atoms with Gasteiger partial charge < -0.3 is 9.72 Å². The van der Waals surface area contributed by atoms with Crippen LogP contribution in [-0.2, 0) is 0 Å². The lowest BCUT2D eigenvalue weighted by atomic mass is 10.0. The highest BCUT2D eigenvalue weighted by molar-refractivity contribution is 5.95. The molecule has 0 radical (unpaired) electrons. The third kappa shape index (κ3) is 1.93. The highest BCUT2D eigenvalue weighted by atomic mass is 16.5. The quantitative estimate of drug-likeness (QED) is 0.788. The number of nitrogens with zero attached hydrogens (tertiary/aromatic N) is 2. The smallest absolute Gasteiger partial charge is 0.213 e. The van der Waals surface area contributed by atoms with E-state index in [1.54, 1.807) is 0 Å². The summed E-state index contributed by atoms with van der Waals surface area (Å²) in [6.07, 6.45) is 8.36. The second-order valence-corrected chi connectivity index (χ2v) is 5.26. The molecule has 0 spiro atoms. The number of pyridine rings is 2. The van der Waals surface area contributed by atoms with Crippen molar-refractivity contribution in [3.63, 3.8) is 0 Å². The van der Waals surface area contributed by atoms with Gasteiger partial charge in [-0.05, 0) is 43.0 Å². The molecule has 4 rings (SSSR count). The molecule has 4 nitrogen and oxygen atoms in total. The predicted octanol–water partition coefficient (Wildman–Crippen LogP) is 3.47. The molecular formula is C16H15N3O. The van der Waals surface area contributed by atoms with Crippen LogP contribution >= 0.6 is 0 Å². The Morgan fingerprint density at radius 1 is 1.20 bits per heavy atom. The first kappa shape index (κ1) is 11.5. The standard InChI is InChI=1S/C16H15N3O/c1-10-8-19-16-15(10)13(6-7-17-16)11-2-5-14(18-9-11)20-12-3-4-12/h2,5-9,12H,3-4H2,1H3,(H,17,19). The van der Waals surface area contributed by atoms with Crippen molar-refractivity contribution in [2.24, 2.45) is 0 Å². The number of hydrogen-bond donors (Lipinski definition) is 1. The Morgan fingerprint density at radius 2 is 2.10 bits per heavy atom. The van der Waals surface area contributed by atoms with Gasteiger partial charge in [-0.2, -0.15) is 0 Å². The number of nitrogens with one attached hydrogen (secondary N) is 1. The predicted molar refractivity (Wildman–Crippen MR) is 77.7 cm³/mol. The second-order valence-electron chi connectivity index (χ2n) is 5.26. The van der Waals surface area contributed by atoms with E-state index in [1.807, 2.05) is 30.7 Å². The number of aryl methyl sites for hydroxylation is 1. The van der Waals surface area contributed by atoms with Gasteiger partial charge >= 0.3 is 0 Å². The van der Waals surface area contributed by atoms with Crippen molar-refractivity contribution in [1.29, 1.82) is 0 Å². The highest BCUT2D eigenvalue weighted by Crippen LogP contribution is 2.31. The van der Waals surface area contributed by atoms with Gasteiger partial charge in [0.25, 0.3) is 0 Å². The van der Waals surface area contributed by atoms with E-state index in [2.05, 4.69) is 27.9 Å². The van der Waals surface area contributed by atoms with Crippen LogP contribution < -0.4 is 4.74 Å². The first-order valence-electron chi connectivity index (χ1n) is 6.87. The maximum absolute atomic E-state index is 5.68. The summed E-state index contributed by atoms with van der Waals surface area (Å²) in [6.45, 7) is 2.09. The topological polar surface area (TPSA) is 50.8 Å². The average molecular weight is 265 g/mol. The molecular weight excluding hydrogens is 250 g/mol. The summed E-state index contributed by atoms with van der Waals surface area (Å²) in [5.41, 5.74) is 4.35. The van der Waals surface area contributed by atoms with Crippen molar-refractivity contribution in [2.45, 2.75) is 25.9 Å². The fourth-order valence-electron chi connectivity index (χ4n) is 2.43. The molecule has 0 aromatic carbocycles. The van der Waals surface area contributed by atoms with Gasteiger partial charge in [0, 0.05) is 35.6 Å². The van der Waals surface area contributed by atoms with E-state index in [9.17, 15) is 0 Å². The minimum Gasteiger partial charge on any atom is -0.474 e. The van der Waals surface area contributed by atoms with Gasteiger partial charge in [0.1, 0.15) is 11.8 Å². The Balaban J connectivity index is 1.76. The molecule has 1 fully saturated rings. The lowest BCUT2D eigenvalue weighted by molar-refractivity contribution is 0.291. The summed E-state index contributed by atoms with van der Waals surface area (Å²) in [7, 11) is 0. The van der Waals surface area contributed by atoms with Gasteiger partial charge in [-0.15, -0.1) is 0 Å². The minimum absolute atomic E-state index is 0.382. The van der Waals surface area contributed by atoms with Gasteiger partial charge in [0.2, 0.25) is 5.88 Å². The normalized spacial score (nSPS) is 14.7. The zero-order valence-corrected chi connectivity index (χ0v) is 11.3. The van der Waals surface area contributed by atoms with Crippen molar-refractivity contribution in [2.75, 3.05) is 0 Å². The highest BCUT2D eigenvalue weighted by Gasteiger charge is 2.23. The van der Waals surface area contributed by atoms with Crippen LogP contribution in [-0.4, -0.2) is 21.1 Å². The molecule has 0 unspecified atom stereocenters. The maximum Gasteiger partial charge on any atom is 0.213 e. The fourth-order valence-corrected chi connectivity index (χ4v) is 2.43. The molecule has 3 aromatic rings. The summed E-state index contributed by atoms with van der Waals surface area (Å²) in [6, 6.07) is 6.04. The Bertz CT molecular complexity index is 757. The second kappa shape index (κ2) is 4.34. The van der Waals surface area contributed by atoms with E-state index >= 15 is 0 Å². The molecule has 20 heavy (non-hydrogen) atoms. The van der Waals surface area contributed by atoms with Crippen LogP contribution in [0.1, 0.15) is 18.4 Å². The minimum atomic E-state index is 0.382. The van der Waals surface area contributed by atoms with Crippen molar-refractivity contribution < 1.29 is 4.74 Å². The van der Waals surface area contributed by atoms with Crippen LogP contribution in [0, 0.1) is 6.92 Å². The van der Waals surface area contributed by atoms with Gasteiger partial charge in [0.15, 0.2) is 0 Å². The zero-order chi connectivity index (χ0) is 13.5. The van der Waals surface area contributed by atoms with Crippen molar-refractivity contribution in [3.05, 3.63) is 42.4 Å². The summed E-state index contributed by atoms with van der Waals surface area (Å²) in [5, 5.41) is 1.16. The molecule has 3 aromatic heterocycles. The van der Waals surface area contributed by atoms with E-state index < -0.39 is 0 Å². The molecule has 1 aliphatic rings. The lowest BCUT2D eigenvalue weighted by Crippen LogP contribution is -1.97. The molecule has 100 valence electrons. The molecule has 1 aliphatic carbocycles. The van der Waals surface area contributed by atoms with Crippen molar-refractivity contribution in [3.8, 4) is 17.0 Å². The van der Waals surface area contributed by atoms with Gasteiger partial charge in [0.05, 0.1) is 0 Å². The zero-order valence-electron chi connectivity index (χ0n) is 11.3. The van der Waals surface area contributed by atoms with Crippen LogP contribution in [0.4, 0.5) is 0 Å². The van der Waals surface area contributed by atoms with E-state index in [1.165, 1.54) is 5.56 Å². The van der Waals surface area contributed by atoms with Crippen LogP contribution in [0.15, 0.2) is 36.8 Å². The van der Waals surface area contributed by atoms with Gasteiger partial charge in [-0.25, -0.2) is 9.97 Å². The largest absolute Gasteiger partial charge is 0.474 e. The third-order valence-electron chi connectivity index (χ3n) is 3.63. The van der Waals surface area contributed by atoms with E-state index in [-0.39, 0.29) is 0 Å². The number of H-pyrrole nitrogens is 1. The Labute approximate surface area is 116 Å². The Hall–Kier alpha value is -2.36.